The first-order valence-electron chi connectivity index (χ1n) is 3.85. The van der Waals surface area contributed by atoms with Crippen LogP contribution in [0.5, 0.6) is 0 Å². The molecule has 0 N–H and O–H groups in total. The van der Waals surface area contributed by atoms with E-state index in [4.69, 9.17) is 14.0 Å². The van der Waals surface area contributed by atoms with Gasteiger partial charge < -0.3 is 4.74 Å². The number of ether oxygens (including phenoxy) is 1. The maximum absolute atomic E-state index is 10.6. The van der Waals surface area contributed by atoms with Crippen molar-refractivity contribution in [1.82, 2.24) is 0 Å². The molecule has 0 spiro atoms. The van der Waals surface area contributed by atoms with Crippen molar-refractivity contribution in [2.75, 3.05) is 6.61 Å². The Labute approximate surface area is 113 Å². The molecule has 4 radical (unpaired) electrons. The SMILES string of the molecule is [C-]#[O+].[C-]#[O+].[C-]#[O+].[CH2][CH][CH][CH]CC(=O)OCC.[Fe]. The van der Waals surface area contributed by atoms with Gasteiger partial charge >= 0.3 is 39.9 Å². The molecule has 0 aromatic heterocycles. The largest absolute Gasteiger partial charge is 0.466 e. The molecule has 0 aliphatic carbocycles. The third kappa shape index (κ3) is 51.1. The van der Waals surface area contributed by atoms with Gasteiger partial charge in [0.05, 0.1) is 6.61 Å². The molecule has 6 heteroatoms. The summed E-state index contributed by atoms with van der Waals surface area (Å²) in [7, 11) is 0. The summed E-state index contributed by atoms with van der Waals surface area (Å²) in [5, 5.41) is 0. The van der Waals surface area contributed by atoms with Crippen molar-refractivity contribution in [3.05, 3.63) is 46.1 Å². The van der Waals surface area contributed by atoms with Crippen LogP contribution in [0.15, 0.2) is 0 Å². The first kappa shape index (κ1) is 29.8. The summed E-state index contributed by atoms with van der Waals surface area (Å²) in [4.78, 5) is 10.6. The molecule has 5 nitrogen and oxygen atoms in total. The third-order valence-corrected chi connectivity index (χ3v) is 0.862. The van der Waals surface area contributed by atoms with Crippen LogP contribution in [0, 0.1) is 46.1 Å². The Morgan fingerprint density at radius 1 is 1.24 bits per heavy atom. The Morgan fingerprint density at radius 2 is 1.65 bits per heavy atom. The van der Waals surface area contributed by atoms with E-state index < -0.39 is 0 Å². The van der Waals surface area contributed by atoms with Crippen molar-refractivity contribution < 1.29 is 40.6 Å². The number of carbonyl (C=O) groups is 1. The van der Waals surface area contributed by atoms with Crippen LogP contribution in [0.4, 0.5) is 0 Å². The van der Waals surface area contributed by atoms with Crippen LogP contribution >= 0.6 is 0 Å². The second-order valence-corrected chi connectivity index (χ2v) is 1.67. The van der Waals surface area contributed by atoms with Crippen molar-refractivity contribution in [1.29, 1.82) is 0 Å². The second kappa shape index (κ2) is 45.6. The average Bonchev–Trinajstić information content (AvgIpc) is 2.37. The van der Waals surface area contributed by atoms with Crippen molar-refractivity contribution in [2.24, 2.45) is 0 Å². The van der Waals surface area contributed by atoms with E-state index in [0.29, 0.717) is 13.0 Å². The molecule has 0 saturated carbocycles. The van der Waals surface area contributed by atoms with Gasteiger partial charge in [0.1, 0.15) is 0 Å². The molecule has 0 heterocycles. The molecule has 0 saturated heterocycles. The molecule has 0 aliphatic heterocycles. The van der Waals surface area contributed by atoms with Gasteiger partial charge in [0.15, 0.2) is 0 Å². The summed E-state index contributed by atoms with van der Waals surface area (Å²) < 4.78 is 27.2. The van der Waals surface area contributed by atoms with Crippen LogP contribution in [-0.4, -0.2) is 12.6 Å². The fourth-order valence-electron chi connectivity index (χ4n) is 0.480. The van der Waals surface area contributed by atoms with Gasteiger partial charge in [-0.05, 0) is 33.1 Å². The fourth-order valence-corrected chi connectivity index (χ4v) is 0.480. The summed E-state index contributed by atoms with van der Waals surface area (Å²) >= 11 is 0. The van der Waals surface area contributed by atoms with Crippen LogP contribution in [0.2, 0.25) is 0 Å². The average molecular weight is 280 g/mol. The van der Waals surface area contributed by atoms with E-state index in [-0.39, 0.29) is 23.0 Å². The number of esters is 1. The van der Waals surface area contributed by atoms with E-state index in [2.05, 4.69) is 31.6 Å². The van der Waals surface area contributed by atoms with Gasteiger partial charge in [-0.25, -0.2) is 0 Å². The van der Waals surface area contributed by atoms with Gasteiger partial charge in [0, 0.05) is 23.5 Å². The topological polar surface area (TPSA) is 86.0 Å². The van der Waals surface area contributed by atoms with Gasteiger partial charge in [-0.1, -0.05) is 0 Å². The normalized spacial score (nSPS) is 5.88. The predicted molar refractivity (Wildman–Crippen MR) is 51.3 cm³/mol. The summed E-state index contributed by atoms with van der Waals surface area (Å²) in [6, 6.07) is 0. The Balaban J connectivity index is -0.0000000594. The standard InChI is InChI=1S/C8H12O2.3CO.Fe/c1-3-5-6-7-8(9)10-4-2;3*1-2;/h3,5-6H,1,4,7H2,2H3;;;;. The summed E-state index contributed by atoms with van der Waals surface area (Å²) in [6.07, 6.45) is 5.39. The number of carbonyl (C=O) groups excluding carboxylic acids is 1. The Morgan fingerprint density at radius 3 is 1.94 bits per heavy atom. The van der Waals surface area contributed by atoms with Crippen LogP contribution in [0.25, 0.3) is 0 Å². The molecule has 0 bridgehead atoms. The monoisotopic (exact) mass is 280 g/mol. The van der Waals surface area contributed by atoms with Gasteiger partial charge in [0.25, 0.3) is 0 Å². The van der Waals surface area contributed by atoms with E-state index in [1.807, 2.05) is 0 Å². The van der Waals surface area contributed by atoms with Crippen LogP contribution in [0.1, 0.15) is 13.3 Å². The molecular formula is C11H12FeO5. The number of hydrogen-bond donors (Lipinski definition) is 0. The molecule has 17 heavy (non-hydrogen) atoms. The van der Waals surface area contributed by atoms with Crippen molar-refractivity contribution in [2.45, 2.75) is 13.3 Å². The molecule has 0 aliphatic rings. The van der Waals surface area contributed by atoms with E-state index >= 15 is 0 Å². The molecule has 0 rings (SSSR count). The molecule has 0 amide bonds. The number of unbranched alkanes of at least 4 members (excludes halogenated alkanes) is 2. The van der Waals surface area contributed by atoms with Gasteiger partial charge in [-0.15, -0.1) is 0 Å². The number of hydrogen-bond acceptors (Lipinski definition) is 2. The zero-order valence-electron chi connectivity index (χ0n) is 9.25. The molecule has 94 valence electrons. The predicted octanol–water partition coefficient (Wildman–Crippen LogP) is 1.27. The minimum absolute atomic E-state index is 0. The van der Waals surface area contributed by atoms with Crippen molar-refractivity contribution in [3.63, 3.8) is 0 Å². The van der Waals surface area contributed by atoms with Crippen molar-refractivity contribution >= 4 is 5.97 Å². The summed E-state index contributed by atoms with van der Waals surface area (Å²) in [5.41, 5.74) is 0. The Hall–Kier alpha value is -0.791. The van der Waals surface area contributed by atoms with E-state index in [9.17, 15) is 4.79 Å². The van der Waals surface area contributed by atoms with Crippen LogP contribution < -0.4 is 0 Å². The second-order valence-electron chi connectivity index (χ2n) is 1.67. The van der Waals surface area contributed by atoms with Gasteiger partial charge in [-0.2, -0.15) is 0 Å². The van der Waals surface area contributed by atoms with Crippen molar-refractivity contribution in [3.8, 4) is 0 Å². The Bertz CT molecular complexity index is 172. The van der Waals surface area contributed by atoms with Gasteiger partial charge in [0.2, 0.25) is 0 Å². The van der Waals surface area contributed by atoms with Crippen LogP contribution in [-0.2, 0) is 40.6 Å². The van der Waals surface area contributed by atoms with E-state index in [1.54, 1.807) is 26.2 Å². The fraction of sp³-hybridized carbons (Fsp3) is 0.273. The van der Waals surface area contributed by atoms with Crippen LogP contribution in [0.3, 0.4) is 0 Å². The van der Waals surface area contributed by atoms with E-state index in [0.717, 1.165) is 0 Å². The summed E-state index contributed by atoms with van der Waals surface area (Å²) in [5.74, 6) is -0.194. The maximum Gasteiger partial charge on any atom is 0.306 e. The molecule has 0 atom stereocenters. The molecule has 0 unspecified atom stereocenters. The first-order valence-corrected chi connectivity index (χ1v) is 3.85. The first-order chi connectivity index (χ1) is 7.81. The zero-order valence-corrected chi connectivity index (χ0v) is 10.4. The molecular weight excluding hydrogens is 268 g/mol. The minimum atomic E-state index is -0.194. The molecule has 0 aromatic carbocycles. The van der Waals surface area contributed by atoms with Gasteiger partial charge in [-0.3, -0.25) is 4.79 Å². The zero-order chi connectivity index (χ0) is 13.8. The smallest absolute Gasteiger partial charge is 0.306 e. The molecule has 0 fully saturated rings. The summed E-state index contributed by atoms with van der Waals surface area (Å²) in [6.45, 7) is 19.2. The third-order valence-electron chi connectivity index (χ3n) is 0.862. The minimum Gasteiger partial charge on any atom is -0.466 e. The molecule has 0 aromatic rings. The Kier molecular flexibility index (Phi) is 80.0. The van der Waals surface area contributed by atoms with E-state index in [1.165, 1.54) is 0 Å². The maximum atomic E-state index is 10.6. The number of rotatable bonds is 5. The quantitative estimate of drug-likeness (QED) is 0.249.